The number of sulfonamides is 1. The van der Waals surface area contributed by atoms with Crippen molar-refractivity contribution in [3.63, 3.8) is 0 Å². The topological polar surface area (TPSA) is 58.6 Å². The molecule has 0 spiro atoms. The Labute approximate surface area is 169 Å². The van der Waals surface area contributed by atoms with Gasteiger partial charge >= 0.3 is 0 Å². The van der Waals surface area contributed by atoms with Gasteiger partial charge in [0, 0.05) is 24.1 Å². The summed E-state index contributed by atoms with van der Waals surface area (Å²) < 4.78 is 34.6. The van der Waals surface area contributed by atoms with Crippen molar-refractivity contribution in [2.24, 2.45) is 0 Å². The van der Waals surface area contributed by atoms with E-state index in [1.807, 2.05) is 30.3 Å². The number of hydrogen-bond acceptors (Lipinski definition) is 4. The second kappa shape index (κ2) is 9.82. The van der Waals surface area contributed by atoms with Crippen molar-refractivity contribution in [3.05, 3.63) is 64.6 Å². The van der Waals surface area contributed by atoms with E-state index >= 15 is 0 Å². The van der Waals surface area contributed by atoms with E-state index in [1.54, 1.807) is 24.3 Å². The van der Waals surface area contributed by atoms with E-state index in [-0.39, 0.29) is 23.3 Å². The quantitative estimate of drug-likeness (QED) is 0.717. The molecule has 1 heterocycles. The Morgan fingerprint density at radius 2 is 1.65 bits per heavy atom. The van der Waals surface area contributed by atoms with Crippen LogP contribution in [0, 0.1) is 0 Å². The van der Waals surface area contributed by atoms with Crippen molar-refractivity contribution in [2.75, 3.05) is 32.8 Å². The molecule has 1 fully saturated rings. The van der Waals surface area contributed by atoms with Crippen LogP contribution >= 0.6 is 28.3 Å². The third-order valence-corrected chi connectivity index (χ3v) is 6.65. The molecule has 1 saturated heterocycles. The maximum Gasteiger partial charge on any atom is 0.242 e. The van der Waals surface area contributed by atoms with Crippen LogP contribution in [0.15, 0.2) is 64.0 Å². The lowest BCUT2D eigenvalue weighted by molar-refractivity contribution is 0.0345. The first-order valence-electron chi connectivity index (χ1n) is 8.18. The molecule has 1 aliphatic heterocycles. The first-order valence-corrected chi connectivity index (χ1v) is 10.5. The molecule has 0 aliphatic carbocycles. The Hall–Kier alpha value is -0.960. The normalized spacial score (nSPS) is 16.7. The van der Waals surface area contributed by atoms with Gasteiger partial charge in [0.25, 0.3) is 0 Å². The molecule has 1 atom stereocenters. The minimum absolute atomic E-state index is 0. The summed E-state index contributed by atoms with van der Waals surface area (Å²) in [5.74, 6) is 0. The van der Waals surface area contributed by atoms with Gasteiger partial charge in [-0.25, -0.2) is 13.1 Å². The van der Waals surface area contributed by atoms with Gasteiger partial charge < -0.3 is 4.74 Å². The van der Waals surface area contributed by atoms with Gasteiger partial charge in [0.15, 0.2) is 0 Å². The molecule has 0 saturated carbocycles. The molecule has 142 valence electrons. The first-order chi connectivity index (χ1) is 12.1. The predicted molar refractivity (Wildman–Crippen MR) is 108 cm³/mol. The van der Waals surface area contributed by atoms with Gasteiger partial charge in [-0.1, -0.05) is 42.5 Å². The van der Waals surface area contributed by atoms with Crippen molar-refractivity contribution < 1.29 is 13.2 Å². The minimum Gasteiger partial charge on any atom is -0.379 e. The van der Waals surface area contributed by atoms with E-state index in [0.717, 1.165) is 18.7 Å². The smallest absolute Gasteiger partial charge is 0.242 e. The SMILES string of the molecule is Cl.O=S(=O)(NC(CN1CCOCC1)c1ccccc1)c1ccccc1Br. The van der Waals surface area contributed by atoms with Crippen LogP contribution in [-0.4, -0.2) is 46.2 Å². The molecule has 26 heavy (non-hydrogen) atoms. The average molecular weight is 462 g/mol. The van der Waals surface area contributed by atoms with Gasteiger partial charge in [0.1, 0.15) is 0 Å². The van der Waals surface area contributed by atoms with Crippen molar-refractivity contribution >= 4 is 38.4 Å². The Bertz CT molecular complexity index is 799. The fourth-order valence-corrected chi connectivity index (χ4v) is 5.07. The van der Waals surface area contributed by atoms with Crippen molar-refractivity contribution in [3.8, 4) is 0 Å². The van der Waals surface area contributed by atoms with E-state index in [9.17, 15) is 8.42 Å². The molecule has 1 aliphatic rings. The lowest BCUT2D eigenvalue weighted by Gasteiger charge is -2.31. The molecule has 0 radical (unpaired) electrons. The number of rotatable bonds is 6. The van der Waals surface area contributed by atoms with Crippen LogP contribution in [0.2, 0.25) is 0 Å². The average Bonchev–Trinajstić information content (AvgIpc) is 2.63. The number of ether oxygens (including phenoxy) is 1. The minimum atomic E-state index is -3.64. The van der Waals surface area contributed by atoms with Crippen LogP contribution in [0.3, 0.4) is 0 Å². The van der Waals surface area contributed by atoms with E-state index in [2.05, 4.69) is 25.6 Å². The highest BCUT2D eigenvalue weighted by atomic mass is 79.9. The number of nitrogens with one attached hydrogen (secondary N) is 1. The summed E-state index contributed by atoms with van der Waals surface area (Å²) in [4.78, 5) is 2.47. The van der Waals surface area contributed by atoms with Crippen LogP contribution in [0.4, 0.5) is 0 Å². The fourth-order valence-electron chi connectivity index (χ4n) is 2.85. The monoisotopic (exact) mass is 460 g/mol. The number of morpholine rings is 1. The molecular weight excluding hydrogens is 440 g/mol. The first kappa shape index (κ1) is 21.3. The number of nitrogens with zero attached hydrogens (tertiary/aromatic N) is 1. The van der Waals surface area contributed by atoms with E-state index < -0.39 is 10.0 Å². The Morgan fingerprint density at radius 3 is 2.31 bits per heavy atom. The molecule has 1 N–H and O–H groups in total. The highest BCUT2D eigenvalue weighted by molar-refractivity contribution is 9.10. The Kier molecular flexibility index (Phi) is 8.06. The molecule has 2 aromatic carbocycles. The highest BCUT2D eigenvalue weighted by Gasteiger charge is 2.25. The van der Waals surface area contributed by atoms with Gasteiger partial charge in [-0.2, -0.15) is 0 Å². The number of hydrogen-bond donors (Lipinski definition) is 1. The zero-order chi connectivity index (χ0) is 17.7. The largest absolute Gasteiger partial charge is 0.379 e. The van der Waals surface area contributed by atoms with Crippen LogP contribution in [-0.2, 0) is 14.8 Å². The van der Waals surface area contributed by atoms with Gasteiger partial charge in [-0.15, -0.1) is 12.4 Å². The van der Waals surface area contributed by atoms with E-state index in [1.165, 1.54) is 0 Å². The zero-order valence-electron chi connectivity index (χ0n) is 14.2. The summed E-state index contributed by atoms with van der Waals surface area (Å²) in [5.41, 5.74) is 0.949. The summed E-state index contributed by atoms with van der Waals surface area (Å²) in [5, 5.41) is 0. The van der Waals surface area contributed by atoms with Crippen molar-refractivity contribution in [2.45, 2.75) is 10.9 Å². The zero-order valence-corrected chi connectivity index (χ0v) is 17.4. The fraction of sp³-hybridized carbons (Fsp3) is 0.333. The van der Waals surface area contributed by atoms with Crippen LogP contribution in [0.5, 0.6) is 0 Å². The lowest BCUT2D eigenvalue weighted by Crippen LogP contribution is -2.43. The summed E-state index contributed by atoms with van der Waals surface area (Å²) in [6.45, 7) is 3.58. The third kappa shape index (κ3) is 5.52. The molecule has 1 unspecified atom stereocenters. The molecule has 2 aromatic rings. The van der Waals surface area contributed by atoms with Crippen LogP contribution < -0.4 is 4.72 Å². The maximum absolute atomic E-state index is 12.9. The molecule has 5 nitrogen and oxygen atoms in total. The Balaban J connectivity index is 0.00000243. The van der Waals surface area contributed by atoms with Gasteiger partial charge in [0.2, 0.25) is 10.0 Å². The van der Waals surface area contributed by atoms with E-state index in [0.29, 0.717) is 24.2 Å². The molecule has 0 bridgehead atoms. The van der Waals surface area contributed by atoms with Gasteiger partial charge in [-0.05, 0) is 33.6 Å². The third-order valence-electron chi connectivity index (χ3n) is 4.17. The summed E-state index contributed by atoms with van der Waals surface area (Å²) in [7, 11) is -3.64. The second-order valence-electron chi connectivity index (χ2n) is 5.93. The second-order valence-corrected chi connectivity index (χ2v) is 8.46. The standard InChI is InChI=1S/C18H21BrN2O3S.ClH/c19-16-8-4-5-9-18(16)25(22,23)20-17(15-6-2-1-3-7-15)14-21-10-12-24-13-11-21;/h1-9,17,20H,10-14H2;1H. The van der Waals surface area contributed by atoms with Crippen molar-refractivity contribution in [1.29, 1.82) is 0 Å². The molecule has 3 rings (SSSR count). The summed E-state index contributed by atoms with van der Waals surface area (Å²) in [6, 6.07) is 16.2. The maximum atomic E-state index is 12.9. The van der Waals surface area contributed by atoms with Gasteiger partial charge in [0.05, 0.1) is 24.2 Å². The van der Waals surface area contributed by atoms with E-state index in [4.69, 9.17) is 4.74 Å². The lowest BCUT2D eigenvalue weighted by atomic mass is 10.1. The molecular formula is C18H22BrClN2O3S. The summed E-state index contributed by atoms with van der Waals surface area (Å²) in [6.07, 6.45) is 0. The molecule has 0 amide bonds. The number of halogens is 2. The Morgan fingerprint density at radius 1 is 1.04 bits per heavy atom. The summed E-state index contributed by atoms with van der Waals surface area (Å²) >= 11 is 3.33. The molecule has 8 heteroatoms. The molecule has 0 aromatic heterocycles. The highest BCUT2D eigenvalue weighted by Crippen LogP contribution is 2.24. The van der Waals surface area contributed by atoms with Crippen molar-refractivity contribution in [1.82, 2.24) is 9.62 Å². The van der Waals surface area contributed by atoms with Gasteiger partial charge in [-0.3, -0.25) is 4.90 Å². The van der Waals surface area contributed by atoms with Crippen LogP contribution in [0.25, 0.3) is 0 Å². The van der Waals surface area contributed by atoms with Crippen LogP contribution in [0.1, 0.15) is 11.6 Å². The predicted octanol–water partition coefficient (Wildman–Crippen LogP) is 3.22. The number of benzene rings is 2.